The number of nitrogens with zero attached hydrogens (tertiary/aromatic N) is 1. The molecule has 0 aliphatic carbocycles. The van der Waals surface area contributed by atoms with Crippen LogP contribution in [0, 0.1) is 6.92 Å². The van der Waals surface area contributed by atoms with Gasteiger partial charge in [0.25, 0.3) is 5.91 Å². The van der Waals surface area contributed by atoms with Gasteiger partial charge in [-0.1, -0.05) is 17.4 Å². The molecule has 11 heteroatoms. The lowest BCUT2D eigenvalue weighted by atomic mass is 10.3. The number of aromatic nitrogens is 1. The highest BCUT2D eigenvalue weighted by molar-refractivity contribution is 7.89. The van der Waals surface area contributed by atoms with Crippen molar-refractivity contribution in [2.75, 3.05) is 11.9 Å². The highest BCUT2D eigenvalue weighted by atomic mass is 32.2. The molecule has 0 fully saturated rings. The van der Waals surface area contributed by atoms with Crippen molar-refractivity contribution in [2.45, 2.75) is 18.4 Å². The summed E-state index contributed by atoms with van der Waals surface area (Å²) in [6, 6.07) is 5.34. The average molecular weight is 385 g/mol. The molecule has 1 aromatic heterocycles. The number of thiazole rings is 1. The number of amides is 1. The van der Waals surface area contributed by atoms with Crippen molar-refractivity contribution >= 4 is 38.9 Å². The summed E-state index contributed by atoms with van der Waals surface area (Å²) in [5, 5.41) is 9.01. The average Bonchev–Trinajstić information content (AvgIpc) is 2.84. The Morgan fingerprint density at radius 1 is 1.36 bits per heavy atom. The zero-order valence-corrected chi connectivity index (χ0v) is 14.7. The van der Waals surface area contributed by atoms with E-state index in [0.29, 0.717) is 5.69 Å². The van der Waals surface area contributed by atoms with E-state index in [1.54, 1.807) is 12.3 Å². The Labute approximate surface area is 147 Å². The second-order valence-electron chi connectivity index (χ2n) is 5.01. The van der Waals surface area contributed by atoms with Crippen LogP contribution in [0.5, 0.6) is 0 Å². The second kappa shape index (κ2) is 7.59. The molecule has 0 atom stereocenters. The number of anilines is 1. The number of carbonyl (C=O) groups excluding carboxylic acids is 2. The number of aryl methyl sites for hydroxylation is 1. The summed E-state index contributed by atoms with van der Waals surface area (Å²) in [6.45, 7) is 0.815. The summed E-state index contributed by atoms with van der Waals surface area (Å²) in [6.07, 6.45) is 0. The van der Waals surface area contributed by atoms with E-state index in [1.165, 1.54) is 28.8 Å². The predicted molar refractivity (Wildman–Crippen MR) is 90.7 cm³/mol. The number of sulfonamides is 1. The maximum Gasteiger partial charge on any atom is 0.326 e. The van der Waals surface area contributed by atoms with Crippen molar-refractivity contribution in [3.05, 3.63) is 45.0 Å². The summed E-state index contributed by atoms with van der Waals surface area (Å²) in [5.74, 6) is -1.40. The lowest BCUT2D eigenvalue weighted by molar-refractivity contribution is -0.147. The molecule has 0 bridgehead atoms. The van der Waals surface area contributed by atoms with Gasteiger partial charge < -0.3 is 10.1 Å². The van der Waals surface area contributed by atoms with Crippen molar-refractivity contribution in [1.29, 1.82) is 0 Å². The number of nitrogens with one attached hydrogen (secondary N) is 1. The van der Waals surface area contributed by atoms with Crippen LogP contribution in [0.3, 0.4) is 0 Å². The predicted octanol–water partition coefficient (Wildman–Crippen LogP) is 0.0475. The maximum atomic E-state index is 11.8. The maximum absolute atomic E-state index is 11.8. The fourth-order valence-corrected chi connectivity index (χ4v) is 3.16. The highest BCUT2D eigenvalue weighted by Gasteiger charge is 2.13. The number of hydrogen-bond donors (Lipinski definition) is 2. The SMILES string of the molecule is Cc1csc(=O)n1CC(=O)OCC(=O)Nc1cccc(S(N)(=O)=O)c1. The van der Waals surface area contributed by atoms with Gasteiger partial charge in [-0.25, -0.2) is 13.6 Å². The molecule has 9 nitrogen and oxygen atoms in total. The molecular formula is C14H15N3O6S2. The van der Waals surface area contributed by atoms with Crippen LogP contribution in [0.1, 0.15) is 5.69 Å². The molecule has 0 aliphatic heterocycles. The molecule has 0 saturated carbocycles. The first-order chi connectivity index (χ1) is 11.7. The van der Waals surface area contributed by atoms with Gasteiger partial charge in [-0.3, -0.25) is 19.0 Å². The zero-order valence-electron chi connectivity index (χ0n) is 13.1. The Hall–Kier alpha value is -2.50. The number of rotatable bonds is 6. The molecule has 1 aromatic carbocycles. The van der Waals surface area contributed by atoms with Crippen LogP contribution >= 0.6 is 11.3 Å². The summed E-state index contributed by atoms with van der Waals surface area (Å²) in [5.41, 5.74) is 0.814. The van der Waals surface area contributed by atoms with Gasteiger partial charge in [0.05, 0.1) is 4.90 Å². The quantitative estimate of drug-likeness (QED) is 0.674. The number of carbonyl (C=O) groups is 2. The molecule has 2 rings (SSSR count). The highest BCUT2D eigenvalue weighted by Crippen LogP contribution is 2.13. The molecule has 0 aliphatic rings. The summed E-state index contributed by atoms with van der Waals surface area (Å²) >= 11 is 0.963. The van der Waals surface area contributed by atoms with Gasteiger partial charge in [0, 0.05) is 16.8 Å². The van der Waals surface area contributed by atoms with Crippen molar-refractivity contribution in [2.24, 2.45) is 5.14 Å². The smallest absolute Gasteiger partial charge is 0.326 e. The van der Waals surface area contributed by atoms with Gasteiger partial charge in [-0.05, 0) is 25.1 Å². The molecule has 1 heterocycles. The van der Waals surface area contributed by atoms with Gasteiger partial charge in [0.1, 0.15) is 6.54 Å². The first-order valence-corrected chi connectivity index (χ1v) is 9.32. The van der Waals surface area contributed by atoms with Crippen LogP contribution in [0.25, 0.3) is 0 Å². The van der Waals surface area contributed by atoms with Crippen molar-refractivity contribution < 1.29 is 22.7 Å². The zero-order chi connectivity index (χ0) is 18.6. The normalized spacial score (nSPS) is 11.1. The van der Waals surface area contributed by atoms with Gasteiger partial charge in [0.15, 0.2) is 6.61 Å². The Morgan fingerprint density at radius 2 is 2.08 bits per heavy atom. The standard InChI is InChI=1S/C14H15N3O6S2/c1-9-8-24-14(20)17(9)6-13(19)23-7-12(18)16-10-3-2-4-11(5-10)25(15,21)22/h2-5,8H,6-7H2,1H3,(H,16,18)(H2,15,21,22). The molecule has 1 amide bonds. The monoisotopic (exact) mass is 385 g/mol. The fraction of sp³-hybridized carbons (Fsp3) is 0.214. The van der Waals surface area contributed by atoms with Crippen molar-refractivity contribution in [3.8, 4) is 0 Å². The van der Waals surface area contributed by atoms with Crippen molar-refractivity contribution in [3.63, 3.8) is 0 Å². The van der Waals surface area contributed by atoms with E-state index in [-0.39, 0.29) is 22.0 Å². The molecule has 25 heavy (non-hydrogen) atoms. The van der Waals surface area contributed by atoms with Gasteiger partial charge in [-0.2, -0.15) is 0 Å². The molecule has 0 unspecified atom stereocenters. The minimum atomic E-state index is -3.89. The Morgan fingerprint density at radius 3 is 2.68 bits per heavy atom. The molecular weight excluding hydrogens is 370 g/mol. The number of ether oxygens (including phenoxy) is 1. The van der Waals surface area contributed by atoms with E-state index in [4.69, 9.17) is 9.88 Å². The molecule has 0 spiro atoms. The molecule has 2 aromatic rings. The molecule has 3 N–H and O–H groups in total. The third-order valence-corrected chi connectivity index (χ3v) is 4.87. The van der Waals surface area contributed by atoms with Crippen LogP contribution < -0.4 is 15.3 Å². The van der Waals surface area contributed by atoms with Gasteiger partial charge in [-0.15, -0.1) is 0 Å². The topological polar surface area (TPSA) is 138 Å². The summed E-state index contributed by atoms with van der Waals surface area (Å²) in [4.78, 5) is 34.5. The molecule has 0 saturated heterocycles. The van der Waals surface area contributed by atoms with Gasteiger partial charge >= 0.3 is 10.8 Å². The van der Waals surface area contributed by atoms with Crippen LogP contribution in [-0.2, 0) is 30.9 Å². The lowest BCUT2D eigenvalue weighted by Gasteiger charge is -2.08. The van der Waals surface area contributed by atoms with Crippen LogP contribution in [0.15, 0.2) is 39.3 Å². The van der Waals surface area contributed by atoms with E-state index in [2.05, 4.69) is 5.32 Å². The van der Waals surface area contributed by atoms with Crippen LogP contribution in [0.2, 0.25) is 0 Å². The largest absolute Gasteiger partial charge is 0.454 e. The fourth-order valence-electron chi connectivity index (χ4n) is 1.86. The Balaban J connectivity index is 1.91. The number of benzene rings is 1. The van der Waals surface area contributed by atoms with E-state index >= 15 is 0 Å². The summed E-state index contributed by atoms with van der Waals surface area (Å²) < 4.78 is 28.6. The third-order valence-electron chi connectivity index (χ3n) is 3.07. The van der Waals surface area contributed by atoms with Crippen LogP contribution in [0.4, 0.5) is 5.69 Å². The first kappa shape index (κ1) is 18.8. The number of hydrogen-bond acceptors (Lipinski definition) is 7. The van der Waals surface area contributed by atoms with Gasteiger partial charge in [0.2, 0.25) is 10.0 Å². The van der Waals surface area contributed by atoms with Crippen molar-refractivity contribution in [1.82, 2.24) is 4.57 Å². The third kappa shape index (κ3) is 5.24. The van der Waals surface area contributed by atoms with E-state index in [9.17, 15) is 22.8 Å². The molecule has 134 valence electrons. The first-order valence-electron chi connectivity index (χ1n) is 6.90. The minimum absolute atomic E-state index is 0.158. The number of primary sulfonamides is 1. The van der Waals surface area contributed by atoms with E-state index in [1.807, 2.05) is 0 Å². The Bertz CT molecular complexity index is 961. The number of nitrogens with two attached hydrogens (primary N) is 1. The lowest BCUT2D eigenvalue weighted by Crippen LogP contribution is -2.26. The van der Waals surface area contributed by atoms with E-state index < -0.39 is 28.5 Å². The molecule has 0 radical (unpaired) electrons. The Kier molecular flexibility index (Phi) is 5.72. The van der Waals surface area contributed by atoms with Crippen LogP contribution in [-0.4, -0.2) is 31.5 Å². The summed E-state index contributed by atoms with van der Waals surface area (Å²) in [7, 11) is -3.89. The minimum Gasteiger partial charge on any atom is -0.454 e. The number of esters is 1. The van der Waals surface area contributed by atoms with E-state index in [0.717, 1.165) is 11.3 Å². The second-order valence-corrected chi connectivity index (χ2v) is 7.39.